The highest BCUT2D eigenvalue weighted by molar-refractivity contribution is 5.79. The number of nitrogens with zero attached hydrogens (tertiary/aromatic N) is 1. The monoisotopic (exact) mass is 226 g/mol. The minimum atomic E-state index is -0.316. The fourth-order valence-corrected chi connectivity index (χ4v) is 2.78. The molecule has 1 aliphatic heterocycles. The van der Waals surface area contributed by atoms with Crippen LogP contribution >= 0.6 is 0 Å². The summed E-state index contributed by atoms with van der Waals surface area (Å²) in [7, 11) is 0. The molecule has 1 saturated heterocycles. The summed E-state index contributed by atoms with van der Waals surface area (Å²) >= 11 is 0. The third-order valence-corrected chi connectivity index (χ3v) is 3.83. The number of rotatable bonds is 1. The first-order valence-electron chi connectivity index (χ1n) is 6.39. The molecule has 1 saturated carbocycles. The average Bonchev–Trinajstić information content (AvgIpc) is 2.29. The molecule has 2 fully saturated rings. The summed E-state index contributed by atoms with van der Waals surface area (Å²) in [5.41, 5.74) is 5.83. The Hall–Kier alpha value is -0.610. The second kappa shape index (κ2) is 5.15. The number of carbonyl (C=O) groups excluding carboxylic acids is 1. The van der Waals surface area contributed by atoms with Crippen LogP contribution in [-0.4, -0.2) is 41.1 Å². The van der Waals surface area contributed by atoms with Crippen LogP contribution in [0.25, 0.3) is 0 Å². The molecule has 0 aromatic carbocycles. The van der Waals surface area contributed by atoms with Gasteiger partial charge in [-0.15, -0.1) is 0 Å². The normalized spacial score (nSPS) is 36.1. The van der Waals surface area contributed by atoms with Gasteiger partial charge in [-0.25, -0.2) is 0 Å². The van der Waals surface area contributed by atoms with Crippen LogP contribution in [0.2, 0.25) is 0 Å². The summed E-state index contributed by atoms with van der Waals surface area (Å²) in [5, 5.41) is 9.56. The van der Waals surface area contributed by atoms with E-state index in [1.54, 1.807) is 0 Å². The molecule has 2 aliphatic rings. The number of nitrogens with two attached hydrogens (primary N) is 1. The van der Waals surface area contributed by atoms with E-state index in [4.69, 9.17) is 5.73 Å². The van der Waals surface area contributed by atoms with Gasteiger partial charge in [-0.2, -0.15) is 0 Å². The smallest absolute Gasteiger partial charge is 0.225 e. The van der Waals surface area contributed by atoms with Crippen molar-refractivity contribution in [3.05, 3.63) is 0 Å². The summed E-state index contributed by atoms with van der Waals surface area (Å²) in [5.74, 6) is 0.399. The molecular formula is C12H22N2O2. The molecule has 0 spiro atoms. The van der Waals surface area contributed by atoms with Gasteiger partial charge >= 0.3 is 0 Å². The molecule has 3 N–H and O–H groups in total. The minimum absolute atomic E-state index is 0.157. The van der Waals surface area contributed by atoms with Gasteiger partial charge in [0.1, 0.15) is 0 Å². The van der Waals surface area contributed by atoms with Crippen LogP contribution in [0.3, 0.4) is 0 Å². The molecule has 0 aromatic rings. The van der Waals surface area contributed by atoms with Gasteiger partial charge in [-0.3, -0.25) is 4.79 Å². The number of amides is 1. The van der Waals surface area contributed by atoms with Gasteiger partial charge in [0.05, 0.1) is 6.10 Å². The van der Waals surface area contributed by atoms with Gasteiger partial charge in [0, 0.05) is 25.0 Å². The van der Waals surface area contributed by atoms with Gasteiger partial charge in [0.15, 0.2) is 0 Å². The number of β-amino-alcohol motifs (C(OH)–C–C–N with tert-alkyl or cyclic N) is 1. The fourth-order valence-electron chi connectivity index (χ4n) is 2.78. The second-order valence-electron chi connectivity index (χ2n) is 5.19. The molecule has 1 atom stereocenters. The Labute approximate surface area is 96.8 Å². The van der Waals surface area contributed by atoms with Crippen molar-refractivity contribution in [2.24, 2.45) is 11.7 Å². The third-order valence-electron chi connectivity index (χ3n) is 3.83. The zero-order chi connectivity index (χ0) is 11.5. The SMILES string of the molecule is NC1CCC(C(=O)N2CCC[C@H](O)C2)CC1. The van der Waals surface area contributed by atoms with Crippen LogP contribution in [0, 0.1) is 5.92 Å². The van der Waals surface area contributed by atoms with Crippen LogP contribution in [0.5, 0.6) is 0 Å². The van der Waals surface area contributed by atoms with Crippen molar-refractivity contribution in [2.45, 2.75) is 50.7 Å². The lowest BCUT2D eigenvalue weighted by Gasteiger charge is -2.35. The standard InChI is InChI=1S/C12H22N2O2/c13-10-5-3-9(4-6-10)12(16)14-7-1-2-11(15)8-14/h9-11,15H,1-8,13H2/t9?,10?,11-/m0/s1. The van der Waals surface area contributed by atoms with Crippen molar-refractivity contribution in [1.82, 2.24) is 4.90 Å². The predicted molar refractivity (Wildman–Crippen MR) is 61.8 cm³/mol. The number of hydrogen-bond acceptors (Lipinski definition) is 3. The Balaban J connectivity index is 1.86. The van der Waals surface area contributed by atoms with E-state index in [0.29, 0.717) is 6.54 Å². The molecule has 4 nitrogen and oxygen atoms in total. The molecule has 4 heteroatoms. The van der Waals surface area contributed by atoms with Crippen molar-refractivity contribution in [3.8, 4) is 0 Å². The molecule has 1 heterocycles. The number of aliphatic hydroxyl groups is 1. The average molecular weight is 226 g/mol. The van der Waals surface area contributed by atoms with E-state index < -0.39 is 0 Å². The summed E-state index contributed by atoms with van der Waals surface area (Å²) < 4.78 is 0. The maximum atomic E-state index is 12.2. The summed E-state index contributed by atoms with van der Waals surface area (Å²) in [6, 6.07) is 0.288. The Morgan fingerprint density at radius 3 is 2.50 bits per heavy atom. The van der Waals surface area contributed by atoms with Gasteiger partial charge in [-0.05, 0) is 38.5 Å². The van der Waals surface area contributed by atoms with Crippen molar-refractivity contribution in [3.63, 3.8) is 0 Å². The largest absolute Gasteiger partial charge is 0.391 e. The lowest BCUT2D eigenvalue weighted by Crippen LogP contribution is -2.46. The molecular weight excluding hydrogens is 204 g/mol. The fraction of sp³-hybridized carbons (Fsp3) is 0.917. The Morgan fingerprint density at radius 1 is 1.19 bits per heavy atom. The highest BCUT2D eigenvalue weighted by Crippen LogP contribution is 2.26. The van der Waals surface area contributed by atoms with Gasteiger partial charge in [0.2, 0.25) is 5.91 Å². The topological polar surface area (TPSA) is 66.6 Å². The highest BCUT2D eigenvalue weighted by Gasteiger charge is 2.30. The van der Waals surface area contributed by atoms with Gasteiger partial charge in [-0.1, -0.05) is 0 Å². The van der Waals surface area contributed by atoms with Crippen molar-refractivity contribution < 1.29 is 9.90 Å². The van der Waals surface area contributed by atoms with Crippen LogP contribution in [0.1, 0.15) is 38.5 Å². The van der Waals surface area contributed by atoms with Crippen molar-refractivity contribution in [2.75, 3.05) is 13.1 Å². The highest BCUT2D eigenvalue weighted by atomic mass is 16.3. The predicted octanol–water partition coefficient (Wildman–Crippen LogP) is 0.487. The molecule has 1 aliphatic carbocycles. The summed E-state index contributed by atoms with van der Waals surface area (Å²) in [4.78, 5) is 14.0. The van der Waals surface area contributed by atoms with E-state index in [1.165, 1.54) is 0 Å². The molecule has 92 valence electrons. The van der Waals surface area contributed by atoms with Crippen LogP contribution in [0.15, 0.2) is 0 Å². The zero-order valence-electron chi connectivity index (χ0n) is 9.77. The number of piperidine rings is 1. The molecule has 1 amide bonds. The van der Waals surface area contributed by atoms with E-state index in [0.717, 1.165) is 45.1 Å². The molecule has 16 heavy (non-hydrogen) atoms. The van der Waals surface area contributed by atoms with E-state index in [2.05, 4.69) is 0 Å². The van der Waals surface area contributed by atoms with E-state index in [1.807, 2.05) is 4.90 Å². The lowest BCUT2D eigenvalue weighted by atomic mass is 9.85. The van der Waals surface area contributed by atoms with E-state index in [-0.39, 0.29) is 24.0 Å². The van der Waals surface area contributed by atoms with Crippen molar-refractivity contribution >= 4 is 5.91 Å². The first kappa shape index (κ1) is 11.9. The van der Waals surface area contributed by atoms with Crippen LogP contribution in [0.4, 0.5) is 0 Å². The van der Waals surface area contributed by atoms with Gasteiger partial charge < -0.3 is 15.7 Å². The summed E-state index contributed by atoms with van der Waals surface area (Å²) in [6.07, 6.45) is 5.22. The molecule has 0 unspecified atom stereocenters. The Kier molecular flexibility index (Phi) is 3.82. The first-order chi connectivity index (χ1) is 7.66. The Bertz CT molecular complexity index is 249. The van der Waals surface area contributed by atoms with E-state index >= 15 is 0 Å². The number of hydrogen-bond donors (Lipinski definition) is 2. The van der Waals surface area contributed by atoms with Crippen molar-refractivity contribution in [1.29, 1.82) is 0 Å². The molecule has 2 rings (SSSR count). The number of aliphatic hydroxyl groups excluding tert-OH is 1. The summed E-state index contributed by atoms with van der Waals surface area (Å²) in [6.45, 7) is 1.35. The number of carbonyl (C=O) groups is 1. The third kappa shape index (κ3) is 2.74. The van der Waals surface area contributed by atoms with Crippen LogP contribution in [-0.2, 0) is 4.79 Å². The Morgan fingerprint density at radius 2 is 1.88 bits per heavy atom. The van der Waals surface area contributed by atoms with Crippen LogP contribution < -0.4 is 5.73 Å². The second-order valence-corrected chi connectivity index (χ2v) is 5.19. The number of likely N-dealkylation sites (tertiary alicyclic amines) is 1. The maximum absolute atomic E-state index is 12.2. The minimum Gasteiger partial charge on any atom is -0.391 e. The first-order valence-corrected chi connectivity index (χ1v) is 6.39. The lowest BCUT2D eigenvalue weighted by molar-refractivity contribution is -0.139. The molecule has 0 radical (unpaired) electrons. The van der Waals surface area contributed by atoms with E-state index in [9.17, 15) is 9.90 Å². The maximum Gasteiger partial charge on any atom is 0.225 e. The molecule has 0 bridgehead atoms. The quantitative estimate of drug-likeness (QED) is 0.683. The zero-order valence-corrected chi connectivity index (χ0v) is 9.77. The van der Waals surface area contributed by atoms with Gasteiger partial charge in [0.25, 0.3) is 0 Å². The molecule has 0 aromatic heterocycles.